The van der Waals surface area contributed by atoms with E-state index in [1.807, 2.05) is 0 Å². The average Bonchev–Trinajstić information content (AvgIpc) is 2.97. The van der Waals surface area contributed by atoms with Crippen LogP contribution in [0.3, 0.4) is 0 Å². The van der Waals surface area contributed by atoms with Gasteiger partial charge < -0.3 is 17.0 Å². The van der Waals surface area contributed by atoms with Crippen molar-refractivity contribution in [1.82, 2.24) is 0 Å². The van der Waals surface area contributed by atoms with E-state index in [9.17, 15) is 0 Å². The first-order valence-corrected chi connectivity index (χ1v) is 15.9. The van der Waals surface area contributed by atoms with Crippen LogP contribution in [0.5, 0.6) is 0 Å². The van der Waals surface area contributed by atoms with Gasteiger partial charge in [-0.2, -0.15) is 0 Å². The van der Waals surface area contributed by atoms with Gasteiger partial charge in [0, 0.05) is 0 Å². The predicted octanol–water partition coefficient (Wildman–Crippen LogP) is 5.65. The van der Waals surface area contributed by atoms with Gasteiger partial charge in [-0.3, -0.25) is 0 Å². The quantitative estimate of drug-likeness (QED) is 0.228. The Bertz CT molecular complexity index is 1080. The SMILES string of the molecule is CCCCC1CCC(c2ccc(C[P+](c3ccccc3)(c3ccccc3)c3ccccc3)cc2)CC1.[Br-]. The second kappa shape index (κ2) is 13.5. The Labute approximate surface area is 235 Å². The summed E-state index contributed by atoms with van der Waals surface area (Å²) < 4.78 is 0. The second-order valence-electron chi connectivity index (χ2n) is 10.6. The van der Waals surface area contributed by atoms with Crippen molar-refractivity contribution in [2.75, 3.05) is 0 Å². The predicted molar refractivity (Wildman–Crippen MR) is 160 cm³/mol. The standard InChI is InChI=1S/C35H40P.BrH/c1-2-3-13-29-20-24-31(25-21-29)32-26-22-30(23-27-32)28-36(33-14-7-4-8-15-33,34-16-9-5-10-17-34)35-18-11-6-12-19-35;/h4-12,14-19,22-23,26-27,29,31H,2-3,13,20-21,24-25,28H2,1H3;1H/q+1;/p-1. The summed E-state index contributed by atoms with van der Waals surface area (Å²) in [6.45, 7) is 2.32. The van der Waals surface area contributed by atoms with Crippen molar-refractivity contribution in [3.8, 4) is 0 Å². The summed E-state index contributed by atoms with van der Waals surface area (Å²) in [6.07, 6.45) is 10.8. The summed E-state index contributed by atoms with van der Waals surface area (Å²) in [6, 6.07) is 43.5. The summed E-state index contributed by atoms with van der Waals surface area (Å²) in [7, 11) is -1.84. The van der Waals surface area contributed by atoms with Crippen LogP contribution in [0, 0.1) is 5.92 Å². The van der Waals surface area contributed by atoms with Crippen LogP contribution in [0.1, 0.15) is 68.9 Å². The second-order valence-corrected chi connectivity index (χ2v) is 14.1. The largest absolute Gasteiger partial charge is 1.00 e. The Balaban J connectivity index is 0.00000320. The normalized spacial score (nSPS) is 17.6. The molecule has 192 valence electrons. The zero-order valence-electron chi connectivity index (χ0n) is 22.1. The molecule has 4 aromatic rings. The van der Waals surface area contributed by atoms with Crippen molar-refractivity contribution in [2.24, 2.45) is 5.92 Å². The van der Waals surface area contributed by atoms with Gasteiger partial charge in [-0.25, -0.2) is 0 Å². The van der Waals surface area contributed by atoms with Crippen molar-refractivity contribution in [3.63, 3.8) is 0 Å². The monoisotopic (exact) mass is 570 g/mol. The summed E-state index contributed by atoms with van der Waals surface area (Å²) in [5.41, 5.74) is 3.00. The highest BCUT2D eigenvalue weighted by Gasteiger charge is 2.45. The fraction of sp³-hybridized carbons (Fsp3) is 0.314. The maximum atomic E-state index is 2.45. The molecule has 1 aliphatic carbocycles. The van der Waals surface area contributed by atoms with Crippen molar-refractivity contribution < 1.29 is 17.0 Å². The molecule has 0 unspecified atom stereocenters. The van der Waals surface area contributed by atoms with Gasteiger partial charge in [-0.05, 0) is 85.0 Å². The molecule has 0 radical (unpaired) electrons. The van der Waals surface area contributed by atoms with Crippen molar-refractivity contribution in [2.45, 2.75) is 63.9 Å². The molecule has 4 aromatic carbocycles. The Morgan fingerprint density at radius 2 is 1.05 bits per heavy atom. The molecule has 1 saturated carbocycles. The van der Waals surface area contributed by atoms with Gasteiger partial charge in [0.15, 0.2) is 0 Å². The van der Waals surface area contributed by atoms with E-state index in [4.69, 9.17) is 0 Å². The van der Waals surface area contributed by atoms with Crippen molar-refractivity contribution >= 4 is 23.2 Å². The average molecular weight is 572 g/mol. The lowest BCUT2D eigenvalue weighted by Crippen LogP contribution is -3.00. The van der Waals surface area contributed by atoms with Gasteiger partial charge in [0.25, 0.3) is 0 Å². The van der Waals surface area contributed by atoms with Gasteiger partial charge >= 0.3 is 0 Å². The molecule has 1 fully saturated rings. The zero-order valence-corrected chi connectivity index (χ0v) is 24.6. The van der Waals surface area contributed by atoms with Gasteiger partial charge in [0.2, 0.25) is 0 Å². The molecule has 0 atom stereocenters. The first-order valence-electron chi connectivity index (χ1n) is 13.9. The number of hydrogen-bond acceptors (Lipinski definition) is 0. The lowest BCUT2D eigenvalue weighted by Gasteiger charge is -2.29. The Morgan fingerprint density at radius 3 is 1.49 bits per heavy atom. The fourth-order valence-corrected chi connectivity index (χ4v) is 10.5. The molecule has 5 rings (SSSR count). The molecule has 0 nitrogen and oxygen atoms in total. The van der Waals surface area contributed by atoms with E-state index < -0.39 is 7.26 Å². The molecule has 0 bridgehead atoms. The molecular weight excluding hydrogens is 531 g/mol. The van der Waals surface area contributed by atoms with E-state index in [1.54, 1.807) is 5.56 Å². The van der Waals surface area contributed by atoms with Gasteiger partial charge in [-0.15, -0.1) is 0 Å². The molecule has 0 saturated heterocycles. The minimum atomic E-state index is -1.84. The topological polar surface area (TPSA) is 0 Å². The number of benzene rings is 4. The summed E-state index contributed by atoms with van der Waals surface area (Å²) >= 11 is 0. The number of halogens is 1. The smallest absolute Gasteiger partial charge is 0.116 e. The number of unbranched alkanes of at least 4 members (excludes halogenated alkanes) is 1. The third kappa shape index (κ3) is 6.45. The third-order valence-electron chi connectivity index (χ3n) is 8.27. The van der Waals surface area contributed by atoms with E-state index >= 15 is 0 Å². The minimum absolute atomic E-state index is 0. The number of rotatable bonds is 9. The molecule has 0 amide bonds. The highest BCUT2D eigenvalue weighted by Crippen LogP contribution is 2.58. The summed E-state index contributed by atoms with van der Waals surface area (Å²) in [5, 5.41) is 4.37. The van der Waals surface area contributed by atoms with Gasteiger partial charge in [-0.1, -0.05) is 105 Å². The minimum Gasteiger partial charge on any atom is -1.00 e. The van der Waals surface area contributed by atoms with Crippen LogP contribution in [-0.2, 0) is 6.16 Å². The van der Waals surface area contributed by atoms with Crippen LogP contribution in [0.15, 0.2) is 115 Å². The molecule has 0 N–H and O–H groups in total. The molecule has 0 spiro atoms. The third-order valence-corrected chi connectivity index (χ3v) is 12.7. The fourth-order valence-electron chi connectivity index (χ4n) is 6.21. The van der Waals surface area contributed by atoms with E-state index in [-0.39, 0.29) is 17.0 Å². The Kier molecular flexibility index (Phi) is 10.2. The van der Waals surface area contributed by atoms with Crippen LogP contribution in [0.2, 0.25) is 0 Å². The first kappa shape index (κ1) is 27.8. The molecule has 0 aromatic heterocycles. The van der Waals surface area contributed by atoms with Crippen LogP contribution in [-0.4, -0.2) is 0 Å². The van der Waals surface area contributed by atoms with Crippen molar-refractivity contribution in [3.05, 3.63) is 126 Å². The summed E-state index contributed by atoms with van der Waals surface area (Å²) in [5.74, 6) is 1.71. The van der Waals surface area contributed by atoms with Gasteiger partial charge in [0.05, 0.1) is 6.16 Å². The van der Waals surface area contributed by atoms with Crippen LogP contribution >= 0.6 is 7.26 Å². The van der Waals surface area contributed by atoms with Crippen LogP contribution < -0.4 is 32.9 Å². The summed E-state index contributed by atoms with van der Waals surface area (Å²) in [4.78, 5) is 0. The lowest BCUT2D eigenvalue weighted by molar-refractivity contribution is -0.00000721. The lowest BCUT2D eigenvalue weighted by atomic mass is 9.77. The number of hydrogen-bond donors (Lipinski definition) is 0. The molecule has 0 heterocycles. The molecule has 37 heavy (non-hydrogen) atoms. The highest BCUT2D eigenvalue weighted by molar-refractivity contribution is 7.95. The van der Waals surface area contributed by atoms with E-state index in [1.165, 1.54) is 66.4 Å². The van der Waals surface area contributed by atoms with Crippen LogP contribution in [0.4, 0.5) is 0 Å². The molecule has 1 aliphatic rings. The maximum absolute atomic E-state index is 2.45. The Morgan fingerprint density at radius 1 is 0.595 bits per heavy atom. The van der Waals surface area contributed by atoms with Crippen LogP contribution in [0.25, 0.3) is 0 Å². The van der Waals surface area contributed by atoms with E-state index in [0.717, 1.165) is 18.0 Å². The molecular formula is C35H40BrP. The van der Waals surface area contributed by atoms with E-state index in [2.05, 4.69) is 122 Å². The zero-order chi connectivity index (χ0) is 24.6. The molecule has 2 heteroatoms. The molecule has 0 aliphatic heterocycles. The highest BCUT2D eigenvalue weighted by atomic mass is 79.9. The van der Waals surface area contributed by atoms with Gasteiger partial charge in [0.1, 0.15) is 23.2 Å². The van der Waals surface area contributed by atoms with E-state index in [0.29, 0.717) is 0 Å². The van der Waals surface area contributed by atoms with Crippen molar-refractivity contribution in [1.29, 1.82) is 0 Å². The maximum Gasteiger partial charge on any atom is 0.116 e. The first-order chi connectivity index (χ1) is 17.8. The Hall–Kier alpha value is -2.21.